The van der Waals surface area contributed by atoms with Gasteiger partial charge in [0.25, 0.3) is 0 Å². The zero-order chi connectivity index (χ0) is 14.7. The van der Waals surface area contributed by atoms with Crippen molar-refractivity contribution in [1.29, 1.82) is 0 Å². The van der Waals surface area contributed by atoms with Crippen LogP contribution in [0, 0.1) is 6.92 Å². The number of anilines is 3. The first-order valence-corrected chi connectivity index (χ1v) is 6.82. The number of hydrogen-bond donors (Lipinski definition) is 2. The third-order valence-electron chi connectivity index (χ3n) is 2.98. The van der Waals surface area contributed by atoms with E-state index in [2.05, 4.69) is 21.2 Å². The second-order valence-corrected chi connectivity index (χ2v) is 5.26. The Hall–Kier alpha value is -2.01. The minimum absolute atomic E-state index is 0.352. The van der Waals surface area contributed by atoms with Crippen LogP contribution >= 0.6 is 15.9 Å². The summed E-state index contributed by atoms with van der Waals surface area (Å²) in [6.45, 7) is 2.00. The predicted octanol–water partition coefficient (Wildman–Crippen LogP) is 3.87. The lowest BCUT2D eigenvalue weighted by molar-refractivity contribution is 0.0602. The lowest BCUT2D eigenvalue weighted by Gasteiger charge is -2.14. The number of hydrogen-bond acceptors (Lipinski definition) is 4. The van der Waals surface area contributed by atoms with E-state index in [9.17, 15) is 4.79 Å². The van der Waals surface area contributed by atoms with Crippen LogP contribution in [0.5, 0.6) is 0 Å². The summed E-state index contributed by atoms with van der Waals surface area (Å²) in [4.78, 5) is 11.6. The highest BCUT2D eigenvalue weighted by molar-refractivity contribution is 9.10. The number of rotatable bonds is 3. The van der Waals surface area contributed by atoms with Gasteiger partial charge in [-0.05, 0) is 36.8 Å². The van der Waals surface area contributed by atoms with Gasteiger partial charge in [-0.1, -0.05) is 28.1 Å². The van der Waals surface area contributed by atoms with E-state index in [-0.39, 0.29) is 0 Å². The summed E-state index contributed by atoms with van der Waals surface area (Å²) in [5, 5.41) is 3.24. The quantitative estimate of drug-likeness (QED) is 0.660. The first kappa shape index (κ1) is 14.4. The number of carbonyl (C=O) groups excluding carboxylic acids is 1. The van der Waals surface area contributed by atoms with Crippen LogP contribution in [0.15, 0.2) is 40.9 Å². The molecule has 0 aromatic heterocycles. The SMILES string of the molecule is COC(=O)c1cccc(Nc2cc(Br)ccc2C)c1N. The van der Waals surface area contributed by atoms with Gasteiger partial charge in [-0.2, -0.15) is 0 Å². The zero-order valence-electron chi connectivity index (χ0n) is 11.2. The van der Waals surface area contributed by atoms with Crippen molar-refractivity contribution in [2.75, 3.05) is 18.2 Å². The van der Waals surface area contributed by atoms with E-state index in [4.69, 9.17) is 10.5 Å². The number of esters is 1. The first-order chi connectivity index (χ1) is 9.52. The van der Waals surface area contributed by atoms with Gasteiger partial charge in [0, 0.05) is 10.2 Å². The molecule has 104 valence electrons. The monoisotopic (exact) mass is 334 g/mol. The molecule has 4 nitrogen and oxygen atoms in total. The third-order valence-corrected chi connectivity index (χ3v) is 3.47. The number of nitrogens with one attached hydrogen (secondary N) is 1. The average Bonchev–Trinajstić information content (AvgIpc) is 2.44. The summed E-state index contributed by atoms with van der Waals surface area (Å²) in [5.74, 6) is -0.447. The van der Waals surface area contributed by atoms with Crippen molar-refractivity contribution < 1.29 is 9.53 Å². The molecule has 2 rings (SSSR count). The van der Waals surface area contributed by atoms with Crippen LogP contribution in [0.3, 0.4) is 0 Å². The maximum atomic E-state index is 11.6. The Morgan fingerprint density at radius 1 is 1.25 bits per heavy atom. The molecule has 2 aromatic carbocycles. The van der Waals surface area contributed by atoms with E-state index in [1.54, 1.807) is 12.1 Å². The van der Waals surface area contributed by atoms with Crippen LogP contribution in [0.4, 0.5) is 17.1 Å². The van der Waals surface area contributed by atoms with E-state index in [0.717, 1.165) is 15.7 Å². The average molecular weight is 335 g/mol. The Bertz CT molecular complexity index is 656. The number of ether oxygens (including phenoxy) is 1. The van der Waals surface area contributed by atoms with Gasteiger partial charge in [0.1, 0.15) is 0 Å². The van der Waals surface area contributed by atoms with Crippen molar-refractivity contribution >= 4 is 39.0 Å². The number of benzene rings is 2. The summed E-state index contributed by atoms with van der Waals surface area (Å²) in [5.41, 5.74) is 9.43. The molecule has 0 aliphatic heterocycles. The Balaban J connectivity index is 2.39. The van der Waals surface area contributed by atoms with Gasteiger partial charge in [-0.25, -0.2) is 4.79 Å². The lowest BCUT2D eigenvalue weighted by Crippen LogP contribution is -2.07. The fourth-order valence-corrected chi connectivity index (χ4v) is 2.20. The number of aryl methyl sites for hydroxylation is 1. The van der Waals surface area contributed by atoms with E-state index >= 15 is 0 Å². The lowest BCUT2D eigenvalue weighted by atomic mass is 10.1. The number of halogens is 1. The molecule has 0 fully saturated rings. The van der Waals surface area contributed by atoms with Crippen molar-refractivity contribution in [3.05, 3.63) is 52.0 Å². The molecule has 0 aliphatic rings. The van der Waals surface area contributed by atoms with Crippen molar-refractivity contribution in [3.8, 4) is 0 Å². The highest BCUT2D eigenvalue weighted by atomic mass is 79.9. The first-order valence-electron chi connectivity index (χ1n) is 6.03. The van der Waals surface area contributed by atoms with Crippen LogP contribution in [-0.4, -0.2) is 13.1 Å². The van der Waals surface area contributed by atoms with Crippen molar-refractivity contribution in [1.82, 2.24) is 0 Å². The van der Waals surface area contributed by atoms with E-state index in [1.807, 2.05) is 31.2 Å². The van der Waals surface area contributed by atoms with E-state index in [1.165, 1.54) is 7.11 Å². The summed E-state index contributed by atoms with van der Waals surface area (Å²) >= 11 is 3.43. The highest BCUT2D eigenvalue weighted by Crippen LogP contribution is 2.29. The van der Waals surface area contributed by atoms with Crippen LogP contribution in [0.2, 0.25) is 0 Å². The minimum Gasteiger partial charge on any atom is -0.465 e. The maximum Gasteiger partial charge on any atom is 0.340 e. The smallest absolute Gasteiger partial charge is 0.340 e. The summed E-state index contributed by atoms with van der Waals surface area (Å²) < 4.78 is 5.68. The normalized spacial score (nSPS) is 10.2. The van der Waals surface area contributed by atoms with Gasteiger partial charge >= 0.3 is 5.97 Å². The maximum absolute atomic E-state index is 11.6. The van der Waals surface area contributed by atoms with Crippen LogP contribution in [0.1, 0.15) is 15.9 Å². The Labute approximate surface area is 126 Å². The number of nitrogens with two attached hydrogens (primary N) is 1. The number of para-hydroxylation sites is 1. The molecule has 0 saturated carbocycles. The predicted molar refractivity (Wildman–Crippen MR) is 84.4 cm³/mol. The molecule has 0 saturated heterocycles. The molecule has 0 spiro atoms. The zero-order valence-corrected chi connectivity index (χ0v) is 12.8. The molecule has 0 aliphatic carbocycles. The molecular weight excluding hydrogens is 320 g/mol. The molecule has 3 N–H and O–H groups in total. The molecule has 20 heavy (non-hydrogen) atoms. The van der Waals surface area contributed by atoms with Gasteiger partial charge < -0.3 is 15.8 Å². The van der Waals surface area contributed by atoms with Crippen molar-refractivity contribution in [2.45, 2.75) is 6.92 Å². The van der Waals surface area contributed by atoms with E-state index < -0.39 is 5.97 Å². The standard InChI is InChI=1S/C15H15BrN2O2/c1-9-6-7-10(16)8-13(9)18-12-5-3-4-11(14(12)17)15(19)20-2/h3-8,18H,17H2,1-2H3. The molecule has 0 atom stereocenters. The second kappa shape index (κ2) is 5.96. The minimum atomic E-state index is -0.447. The fraction of sp³-hybridized carbons (Fsp3) is 0.133. The van der Waals surface area contributed by atoms with Gasteiger partial charge in [0.05, 0.1) is 24.0 Å². The molecule has 0 unspecified atom stereocenters. The largest absolute Gasteiger partial charge is 0.465 e. The number of nitrogen functional groups attached to an aromatic ring is 1. The van der Waals surface area contributed by atoms with Crippen LogP contribution in [0.25, 0.3) is 0 Å². The van der Waals surface area contributed by atoms with E-state index in [0.29, 0.717) is 16.9 Å². The summed E-state index contributed by atoms with van der Waals surface area (Å²) in [7, 11) is 1.33. The van der Waals surface area contributed by atoms with Gasteiger partial charge in [0.2, 0.25) is 0 Å². The molecule has 0 radical (unpaired) electrons. The van der Waals surface area contributed by atoms with Gasteiger partial charge in [0.15, 0.2) is 0 Å². The summed E-state index contributed by atoms with van der Waals surface area (Å²) in [6.07, 6.45) is 0. The molecule has 2 aromatic rings. The molecular formula is C15H15BrN2O2. The van der Waals surface area contributed by atoms with Gasteiger partial charge in [-0.3, -0.25) is 0 Å². The van der Waals surface area contributed by atoms with Crippen LogP contribution < -0.4 is 11.1 Å². The number of methoxy groups -OCH3 is 1. The Kier molecular flexibility index (Phi) is 4.29. The van der Waals surface area contributed by atoms with Crippen molar-refractivity contribution in [2.24, 2.45) is 0 Å². The molecule has 0 amide bonds. The Morgan fingerprint density at radius 3 is 2.70 bits per heavy atom. The summed E-state index contributed by atoms with van der Waals surface area (Å²) in [6, 6.07) is 11.1. The molecule has 0 heterocycles. The highest BCUT2D eigenvalue weighted by Gasteiger charge is 2.13. The topological polar surface area (TPSA) is 64.3 Å². The fourth-order valence-electron chi connectivity index (χ4n) is 1.84. The van der Waals surface area contributed by atoms with Crippen LogP contribution in [-0.2, 0) is 4.74 Å². The van der Waals surface area contributed by atoms with Gasteiger partial charge in [-0.15, -0.1) is 0 Å². The van der Waals surface area contributed by atoms with Crippen molar-refractivity contribution in [3.63, 3.8) is 0 Å². The Morgan fingerprint density at radius 2 is 2.00 bits per heavy atom. The third kappa shape index (κ3) is 2.93. The molecule has 5 heteroatoms. The second-order valence-electron chi connectivity index (χ2n) is 4.34. The number of carbonyl (C=O) groups is 1. The molecule has 0 bridgehead atoms.